The van der Waals surface area contributed by atoms with Crippen molar-refractivity contribution in [3.63, 3.8) is 0 Å². The van der Waals surface area contributed by atoms with Gasteiger partial charge in [0.05, 0.1) is 19.0 Å². The molecule has 1 unspecified atom stereocenters. The van der Waals surface area contributed by atoms with Gasteiger partial charge in [-0.2, -0.15) is 0 Å². The zero-order chi connectivity index (χ0) is 12.8. The maximum atomic E-state index is 9.90. The van der Waals surface area contributed by atoms with Gasteiger partial charge < -0.3 is 14.4 Å². The molecule has 0 bridgehead atoms. The van der Waals surface area contributed by atoms with Crippen LogP contribution in [0.1, 0.15) is 25.0 Å². The third kappa shape index (κ3) is 3.11. The van der Waals surface area contributed by atoms with E-state index in [4.69, 9.17) is 4.74 Å². The second-order valence-corrected chi connectivity index (χ2v) is 4.11. The molecule has 1 N–H and O–H groups in total. The molecule has 1 aromatic heterocycles. The first-order valence-electron chi connectivity index (χ1n) is 6.16. The maximum Gasteiger partial charge on any atom is 0.125 e. The number of aliphatic hydroxyl groups is 1. The van der Waals surface area contributed by atoms with Crippen molar-refractivity contribution < 1.29 is 9.84 Å². The molecule has 0 radical (unpaired) electrons. The lowest BCUT2D eigenvalue weighted by Gasteiger charge is -2.15. The standard InChI is InChI=1S/C14H18N2O2/c1-2-13(17)12-5-3-4-6-14(12)18-10-9-16-8-7-15-11-16/h3-8,11,13,17H,2,9-10H2,1H3. The van der Waals surface area contributed by atoms with Gasteiger partial charge in [0.25, 0.3) is 0 Å². The van der Waals surface area contributed by atoms with E-state index in [2.05, 4.69) is 4.98 Å². The predicted molar refractivity (Wildman–Crippen MR) is 69.4 cm³/mol. The summed E-state index contributed by atoms with van der Waals surface area (Å²) >= 11 is 0. The number of aliphatic hydroxyl groups excluding tert-OH is 1. The topological polar surface area (TPSA) is 47.3 Å². The smallest absolute Gasteiger partial charge is 0.125 e. The number of nitrogens with zero attached hydrogens (tertiary/aromatic N) is 2. The van der Waals surface area contributed by atoms with Crippen LogP contribution in [-0.2, 0) is 6.54 Å². The van der Waals surface area contributed by atoms with E-state index < -0.39 is 6.10 Å². The van der Waals surface area contributed by atoms with Gasteiger partial charge in [-0.3, -0.25) is 0 Å². The van der Waals surface area contributed by atoms with Crippen LogP contribution in [0.25, 0.3) is 0 Å². The van der Waals surface area contributed by atoms with Crippen LogP contribution < -0.4 is 4.74 Å². The number of benzene rings is 1. The summed E-state index contributed by atoms with van der Waals surface area (Å²) in [7, 11) is 0. The largest absolute Gasteiger partial charge is 0.491 e. The first-order valence-corrected chi connectivity index (χ1v) is 6.16. The molecule has 1 aromatic carbocycles. The number of hydrogen-bond donors (Lipinski definition) is 1. The van der Waals surface area contributed by atoms with Crippen molar-refractivity contribution in [2.24, 2.45) is 0 Å². The molecule has 2 rings (SSSR count). The van der Waals surface area contributed by atoms with Crippen molar-refractivity contribution in [3.05, 3.63) is 48.5 Å². The Hall–Kier alpha value is -1.81. The van der Waals surface area contributed by atoms with E-state index in [9.17, 15) is 5.11 Å². The molecular formula is C14H18N2O2. The number of para-hydroxylation sites is 1. The Bertz CT molecular complexity index is 468. The van der Waals surface area contributed by atoms with E-state index >= 15 is 0 Å². The van der Waals surface area contributed by atoms with Crippen LogP contribution in [0.5, 0.6) is 5.75 Å². The summed E-state index contributed by atoms with van der Waals surface area (Å²) in [5, 5.41) is 9.90. The Morgan fingerprint density at radius 1 is 1.39 bits per heavy atom. The zero-order valence-electron chi connectivity index (χ0n) is 10.5. The molecule has 0 saturated heterocycles. The molecule has 0 spiro atoms. The maximum absolute atomic E-state index is 9.90. The number of rotatable bonds is 6. The van der Waals surface area contributed by atoms with Crippen LogP contribution >= 0.6 is 0 Å². The Morgan fingerprint density at radius 3 is 2.94 bits per heavy atom. The summed E-state index contributed by atoms with van der Waals surface area (Å²) in [6.07, 6.45) is 5.62. The first kappa shape index (κ1) is 12.6. The molecule has 1 atom stereocenters. The molecule has 0 aliphatic carbocycles. The third-order valence-electron chi connectivity index (χ3n) is 2.83. The highest BCUT2D eigenvalue weighted by atomic mass is 16.5. The van der Waals surface area contributed by atoms with E-state index in [1.54, 1.807) is 12.5 Å². The van der Waals surface area contributed by atoms with Crippen LogP contribution in [0, 0.1) is 0 Å². The van der Waals surface area contributed by atoms with Crippen LogP contribution in [0.3, 0.4) is 0 Å². The molecule has 18 heavy (non-hydrogen) atoms. The van der Waals surface area contributed by atoms with Gasteiger partial charge in [-0.25, -0.2) is 4.98 Å². The molecule has 1 heterocycles. The van der Waals surface area contributed by atoms with Gasteiger partial charge in [-0.1, -0.05) is 25.1 Å². The van der Waals surface area contributed by atoms with Gasteiger partial charge in [0.15, 0.2) is 0 Å². The van der Waals surface area contributed by atoms with Crippen LogP contribution in [0.15, 0.2) is 43.0 Å². The SMILES string of the molecule is CCC(O)c1ccccc1OCCn1ccnc1. The Kier molecular flexibility index (Phi) is 4.36. The Morgan fingerprint density at radius 2 is 2.22 bits per heavy atom. The molecule has 0 saturated carbocycles. The average molecular weight is 246 g/mol. The second-order valence-electron chi connectivity index (χ2n) is 4.11. The van der Waals surface area contributed by atoms with Crippen LogP contribution in [0.2, 0.25) is 0 Å². The fraction of sp³-hybridized carbons (Fsp3) is 0.357. The van der Waals surface area contributed by atoms with Crippen LogP contribution in [0.4, 0.5) is 0 Å². The monoisotopic (exact) mass is 246 g/mol. The Balaban J connectivity index is 1.96. The highest BCUT2D eigenvalue weighted by Crippen LogP contribution is 2.26. The lowest BCUT2D eigenvalue weighted by Crippen LogP contribution is -2.08. The van der Waals surface area contributed by atoms with Crippen molar-refractivity contribution >= 4 is 0 Å². The molecule has 0 aliphatic heterocycles. The summed E-state index contributed by atoms with van der Waals surface area (Å²) in [4.78, 5) is 3.97. The van der Waals surface area contributed by atoms with Gasteiger partial charge in [-0.05, 0) is 12.5 Å². The van der Waals surface area contributed by atoms with E-state index in [0.717, 1.165) is 17.9 Å². The summed E-state index contributed by atoms with van der Waals surface area (Å²) in [5.41, 5.74) is 0.852. The summed E-state index contributed by atoms with van der Waals surface area (Å²) in [6, 6.07) is 7.62. The molecular weight excluding hydrogens is 228 g/mol. The second kappa shape index (κ2) is 6.21. The minimum absolute atomic E-state index is 0.463. The number of ether oxygens (including phenoxy) is 1. The quantitative estimate of drug-likeness (QED) is 0.851. The minimum atomic E-state index is -0.463. The van der Waals surface area contributed by atoms with E-state index in [1.165, 1.54) is 0 Å². The van der Waals surface area contributed by atoms with Crippen molar-refractivity contribution in [3.8, 4) is 5.75 Å². The molecule has 96 valence electrons. The molecule has 0 aliphatic rings. The van der Waals surface area contributed by atoms with Crippen molar-refractivity contribution in [2.75, 3.05) is 6.61 Å². The summed E-state index contributed by atoms with van der Waals surface area (Å²) in [5.74, 6) is 0.756. The lowest BCUT2D eigenvalue weighted by atomic mass is 10.1. The molecule has 0 fully saturated rings. The molecule has 2 aromatic rings. The normalized spacial score (nSPS) is 12.3. The fourth-order valence-electron chi connectivity index (χ4n) is 1.79. The summed E-state index contributed by atoms with van der Waals surface area (Å²) in [6.45, 7) is 3.26. The number of hydrogen-bond acceptors (Lipinski definition) is 3. The average Bonchev–Trinajstić information content (AvgIpc) is 2.92. The van der Waals surface area contributed by atoms with Crippen molar-refractivity contribution in [1.29, 1.82) is 0 Å². The van der Waals surface area contributed by atoms with Gasteiger partial charge in [0.1, 0.15) is 12.4 Å². The summed E-state index contributed by atoms with van der Waals surface area (Å²) < 4.78 is 7.68. The highest BCUT2D eigenvalue weighted by molar-refractivity contribution is 5.34. The number of imidazole rings is 1. The predicted octanol–water partition coefficient (Wildman–Crippen LogP) is 2.41. The van der Waals surface area contributed by atoms with Gasteiger partial charge >= 0.3 is 0 Å². The van der Waals surface area contributed by atoms with Crippen molar-refractivity contribution in [1.82, 2.24) is 9.55 Å². The number of aromatic nitrogens is 2. The van der Waals surface area contributed by atoms with E-state index in [-0.39, 0.29) is 0 Å². The van der Waals surface area contributed by atoms with E-state index in [0.29, 0.717) is 13.0 Å². The lowest BCUT2D eigenvalue weighted by molar-refractivity contribution is 0.166. The van der Waals surface area contributed by atoms with Gasteiger partial charge in [0.2, 0.25) is 0 Å². The van der Waals surface area contributed by atoms with Gasteiger partial charge in [0, 0.05) is 18.0 Å². The molecule has 4 nitrogen and oxygen atoms in total. The fourth-order valence-corrected chi connectivity index (χ4v) is 1.79. The van der Waals surface area contributed by atoms with E-state index in [1.807, 2.05) is 42.0 Å². The first-order chi connectivity index (χ1) is 8.81. The zero-order valence-corrected chi connectivity index (χ0v) is 10.5. The molecule has 0 amide bonds. The van der Waals surface area contributed by atoms with Gasteiger partial charge in [-0.15, -0.1) is 0 Å². The highest BCUT2D eigenvalue weighted by Gasteiger charge is 2.10. The Labute approximate surface area is 107 Å². The molecule has 4 heteroatoms. The van der Waals surface area contributed by atoms with Crippen molar-refractivity contribution in [2.45, 2.75) is 26.0 Å². The van der Waals surface area contributed by atoms with Crippen LogP contribution in [-0.4, -0.2) is 21.3 Å². The third-order valence-corrected chi connectivity index (χ3v) is 2.83. The minimum Gasteiger partial charge on any atom is -0.491 e.